The Labute approximate surface area is 225 Å². The monoisotopic (exact) mass is 518 g/mol. The van der Waals surface area contributed by atoms with Crippen LogP contribution in [-0.4, -0.2) is 17.7 Å². The molecule has 6 heteroatoms. The third-order valence-corrected chi connectivity index (χ3v) is 8.65. The largest absolute Gasteiger partial charge is 0.322 e. The predicted molar refractivity (Wildman–Crippen MR) is 147 cm³/mol. The molecule has 1 N–H and O–H groups in total. The first-order valence-electron chi connectivity index (χ1n) is 12.7. The molecule has 5 nitrogen and oxygen atoms in total. The second kappa shape index (κ2) is 8.40. The zero-order valence-corrected chi connectivity index (χ0v) is 21.3. The average molecular weight is 519 g/mol. The van der Waals surface area contributed by atoms with E-state index in [9.17, 15) is 14.4 Å². The lowest BCUT2D eigenvalue weighted by molar-refractivity contribution is -0.122. The smallest absolute Gasteiger partial charge is 0.255 e. The number of nitrogens with zero attached hydrogens (tertiary/aromatic N) is 1. The second-order valence-corrected chi connectivity index (χ2v) is 10.7. The fourth-order valence-corrected chi connectivity index (χ4v) is 6.77. The minimum absolute atomic E-state index is 0.170. The maximum absolute atomic E-state index is 14.0. The van der Waals surface area contributed by atoms with E-state index < -0.39 is 11.8 Å². The van der Waals surface area contributed by atoms with Crippen molar-refractivity contribution in [3.05, 3.63) is 129 Å². The quantitative estimate of drug-likeness (QED) is 0.324. The van der Waals surface area contributed by atoms with Crippen molar-refractivity contribution in [2.24, 2.45) is 11.8 Å². The normalized spacial score (nSPS) is 22.6. The molecule has 4 aromatic rings. The third-order valence-electron chi connectivity index (χ3n) is 8.24. The van der Waals surface area contributed by atoms with Gasteiger partial charge < -0.3 is 5.32 Å². The maximum atomic E-state index is 14.0. The molecular formula is C32H23ClN2O3. The van der Waals surface area contributed by atoms with Gasteiger partial charge in [0.25, 0.3) is 5.91 Å². The summed E-state index contributed by atoms with van der Waals surface area (Å²) in [5.41, 5.74) is 6.77. The molecule has 0 spiro atoms. The number of hydrogen-bond donors (Lipinski definition) is 1. The van der Waals surface area contributed by atoms with Gasteiger partial charge in [-0.3, -0.25) is 14.4 Å². The first-order chi connectivity index (χ1) is 18.4. The van der Waals surface area contributed by atoms with Crippen molar-refractivity contribution >= 4 is 40.7 Å². The third kappa shape index (κ3) is 3.21. The van der Waals surface area contributed by atoms with E-state index in [1.165, 1.54) is 4.90 Å². The SMILES string of the molecule is Cc1ccc(NC(=O)c2cccc(N3C(=O)[C@@H]4C5c6ccccc6C(c6ccccc65)[C@@H]4C3=O)c2)cc1Cl. The molecule has 3 amide bonds. The van der Waals surface area contributed by atoms with Crippen molar-refractivity contribution in [2.75, 3.05) is 10.2 Å². The first-order valence-corrected chi connectivity index (χ1v) is 13.0. The van der Waals surface area contributed by atoms with Crippen molar-refractivity contribution in [2.45, 2.75) is 18.8 Å². The summed E-state index contributed by atoms with van der Waals surface area (Å²) in [6, 6.07) is 28.4. The number of nitrogens with one attached hydrogen (secondary N) is 1. The Balaban J connectivity index is 1.25. The van der Waals surface area contributed by atoms with E-state index in [1.807, 2.05) is 37.3 Å². The maximum Gasteiger partial charge on any atom is 0.255 e. The zero-order chi connectivity index (χ0) is 26.1. The molecular weight excluding hydrogens is 496 g/mol. The molecule has 2 bridgehead atoms. The van der Waals surface area contributed by atoms with Gasteiger partial charge in [-0.05, 0) is 65.1 Å². The Hall–Kier alpha value is -4.22. The Kier molecular flexibility index (Phi) is 5.07. The molecule has 3 aliphatic carbocycles. The van der Waals surface area contributed by atoms with Gasteiger partial charge in [-0.1, -0.05) is 72.3 Å². The Morgan fingerprint density at radius 3 is 1.82 bits per heavy atom. The van der Waals surface area contributed by atoms with Gasteiger partial charge in [-0.25, -0.2) is 4.90 Å². The van der Waals surface area contributed by atoms with Gasteiger partial charge in [-0.15, -0.1) is 0 Å². The molecule has 38 heavy (non-hydrogen) atoms. The highest BCUT2D eigenvalue weighted by molar-refractivity contribution is 6.31. The lowest BCUT2D eigenvalue weighted by Gasteiger charge is -2.45. The predicted octanol–water partition coefficient (Wildman–Crippen LogP) is 6.30. The van der Waals surface area contributed by atoms with Crippen molar-refractivity contribution in [3.8, 4) is 0 Å². The molecule has 1 aliphatic heterocycles. The van der Waals surface area contributed by atoms with Crippen LogP contribution >= 0.6 is 11.6 Å². The summed E-state index contributed by atoms with van der Waals surface area (Å²) >= 11 is 6.21. The van der Waals surface area contributed by atoms with Gasteiger partial charge in [0.1, 0.15) is 0 Å². The Morgan fingerprint density at radius 2 is 1.29 bits per heavy atom. The molecule has 4 aliphatic rings. The number of imide groups is 1. The van der Waals surface area contributed by atoms with E-state index in [0.717, 1.165) is 27.8 Å². The minimum Gasteiger partial charge on any atom is -0.322 e. The summed E-state index contributed by atoms with van der Waals surface area (Å²) < 4.78 is 0. The van der Waals surface area contributed by atoms with Crippen LogP contribution in [0.4, 0.5) is 11.4 Å². The van der Waals surface area contributed by atoms with Crippen molar-refractivity contribution in [3.63, 3.8) is 0 Å². The van der Waals surface area contributed by atoms with E-state index in [4.69, 9.17) is 11.6 Å². The van der Waals surface area contributed by atoms with Crippen molar-refractivity contribution in [1.29, 1.82) is 0 Å². The van der Waals surface area contributed by atoms with Crippen LogP contribution in [-0.2, 0) is 9.59 Å². The van der Waals surface area contributed by atoms with Crippen LogP contribution in [0.15, 0.2) is 91.0 Å². The summed E-state index contributed by atoms with van der Waals surface area (Å²) in [7, 11) is 0. The van der Waals surface area contributed by atoms with Gasteiger partial charge in [0, 0.05) is 28.1 Å². The van der Waals surface area contributed by atoms with Gasteiger partial charge in [0.15, 0.2) is 0 Å². The number of carbonyl (C=O) groups excluding carboxylic acids is 3. The number of carbonyl (C=O) groups is 3. The molecule has 2 atom stereocenters. The van der Waals surface area contributed by atoms with Crippen LogP contribution < -0.4 is 10.2 Å². The number of anilines is 2. The van der Waals surface area contributed by atoms with E-state index in [2.05, 4.69) is 29.6 Å². The van der Waals surface area contributed by atoms with Gasteiger partial charge >= 0.3 is 0 Å². The molecule has 0 saturated carbocycles. The molecule has 8 rings (SSSR count). The van der Waals surface area contributed by atoms with Crippen LogP contribution in [0.3, 0.4) is 0 Å². The van der Waals surface area contributed by atoms with E-state index >= 15 is 0 Å². The Morgan fingerprint density at radius 1 is 0.737 bits per heavy atom. The summed E-state index contributed by atoms with van der Waals surface area (Å²) in [5.74, 6) is -2.03. The van der Waals surface area contributed by atoms with Gasteiger partial charge in [0.05, 0.1) is 17.5 Å². The summed E-state index contributed by atoms with van der Waals surface area (Å²) in [5, 5.41) is 3.41. The lowest BCUT2D eigenvalue weighted by atomic mass is 9.55. The molecule has 4 aromatic carbocycles. The number of halogens is 1. The first kappa shape index (κ1) is 22.9. The number of benzene rings is 4. The number of rotatable bonds is 3. The summed E-state index contributed by atoms with van der Waals surface area (Å²) in [6.45, 7) is 1.89. The standard InChI is InChI=1S/C32H23ClN2O3/c1-17-13-14-19(16-25(17)33)34-30(36)18-7-6-8-20(15-18)35-31(37)28-26-21-9-2-3-10-22(21)27(29(28)32(35)38)24-12-5-4-11-23(24)26/h2-16,26-29H,1H3,(H,34,36)/t26?,27?,28-,29+. The fraction of sp³-hybridized carbons (Fsp3) is 0.156. The van der Waals surface area contributed by atoms with Crippen LogP contribution in [0.25, 0.3) is 0 Å². The van der Waals surface area contributed by atoms with E-state index in [-0.39, 0.29) is 29.6 Å². The van der Waals surface area contributed by atoms with E-state index in [1.54, 1.807) is 36.4 Å². The molecule has 186 valence electrons. The molecule has 1 heterocycles. The summed E-state index contributed by atoms with van der Waals surface area (Å²) in [6.07, 6.45) is 0. The van der Waals surface area contributed by atoms with Crippen molar-refractivity contribution in [1.82, 2.24) is 0 Å². The highest BCUT2D eigenvalue weighted by Gasteiger charge is 2.61. The number of hydrogen-bond acceptors (Lipinski definition) is 3. The zero-order valence-electron chi connectivity index (χ0n) is 20.5. The fourth-order valence-electron chi connectivity index (χ4n) is 6.59. The van der Waals surface area contributed by atoms with E-state index in [0.29, 0.717) is 22.0 Å². The molecule has 0 unspecified atom stereocenters. The lowest BCUT2D eigenvalue weighted by Crippen LogP contribution is -2.41. The number of aryl methyl sites for hydroxylation is 1. The minimum atomic E-state index is -0.468. The van der Waals surface area contributed by atoms with Crippen molar-refractivity contribution < 1.29 is 14.4 Å². The topological polar surface area (TPSA) is 66.5 Å². The number of amides is 3. The highest BCUT2D eigenvalue weighted by Crippen LogP contribution is 2.61. The molecule has 1 saturated heterocycles. The molecule has 1 fully saturated rings. The van der Waals surface area contributed by atoms with Crippen LogP contribution in [0.5, 0.6) is 0 Å². The van der Waals surface area contributed by atoms with Crippen LogP contribution in [0, 0.1) is 18.8 Å². The highest BCUT2D eigenvalue weighted by atomic mass is 35.5. The summed E-state index contributed by atoms with van der Waals surface area (Å²) in [4.78, 5) is 42.3. The average Bonchev–Trinajstić information content (AvgIpc) is 3.21. The molecule has 0 radical (unpaired) electrons. The van der Waals surface area contributed by atoms with Gasteiger partial charge in [0.2, 0.25) is 11.8 Å². The van der Waals surface area contributed by atoms with Crippen LogP contribution in [0.2, 0.25) is 5.02 Å². The molecule has 0 aromatic heterocycles. The second-order valence-electron chi connectivity index (χ2n) is 10.2. The van der Waals surface area contributed by atoms with Gasteiger partial charge in [-0.2, -0.15) is 0 Å². The van der Waals surface area contributed by atoms with Crippen LogP contribution in [0.1, 0.15) is 50.0 Å². The Bertz CT molecular complexity index is 1560.